The van der Waals surface area contributed by atoms with E-state index in [1.54, 1.807) is 18.2 Å². The average Bonchev–Trinajstić information content (AvgIpc) is 2.08. The van der Waals surface area contributed by atoms with Crippen LogP contribution in [0.15, 0.2) is 28.7 Å². The molecule has 0 aliphatic carbocycles. The molecule has 1 aromatic rings. The van der Waals surface area contributed by atoms with Crippen LogP contribution in [0.5, 0.6) is 5.75 Å². The summed E-state index contributed by atoms with van der Waals surface area (Å²) in [5.41, 5.74) is 0. The number of para-hydroxylation sites is 1. The van der Waals surface area contributed by atoms with Gasteiger partial charge in [0.25, 0.3) is 6.36 Å². The molecule has 1 aromatic carbocycles. The van der Waals surface area contributed by atoms with E-state index in [-0.39, 0.29) is 5.75 Å². The van der Waals surface area contributed by atoms with Crippen LogP contribution in [0, 0.1) is 0 Å². The molecular weight excluding hydrogens is 249 g/mol. The fourth-order valence-electron chi connectivity index (χ4n) is 0.713. The maximum Gasteiger partial charge on any atom is 0.304 e. The Morgan fingerprint density at radius 3 is 2.31 bits per heavy atom. The van der Waals surface area contributed by atoms with E-state index < -0.39 is 12.8 Å². The smallest absolute Gasteiger partial charge is 0.304 e. The van der Waals surface area contributed by atoms with Crippen molar-refractivity contribution in [2.45, 2.75) is 12.8 Å². The van der Waals surface area contributed by atoms with E-state index in [0.29, 0.717) is 4.47 Å². The lowest BCUT2D eigenvalue weighted by atomic mass is 10.3. The van der Waals surface area contributed by atoms with Gasteiger partial charge in [-0.2, -0.15) is 4.39 Å². The lowest BCUT2D eigenvalue weighted by Crippen LogP contribution is -2.19. The first-order valence-corrected chi connectivity index (χ1v) is 4.24. The minimum absolute atomic E-state index is 0.0651. The maximum atomic E-state index is 12.4. The van der Waals surface area contributed by atoms with Gasteiger partial charge in [0.15, 0.2) is 0 Å². The number of alkyl halides is 3. The van der Waals surface area contributed by atoms with Crippen molar-refractivity contribution in [1.82, 2.24) is 0 Å². The molecule has 0 heterocycles. The minimum Gasteiger partial charge on any atom is -0.453 e. The molecule has 0 saturated carbocycles. The third kappa shape index (κ3) is 2.91. The number of ether oxygens (including phenoxy) is 1. The molecule has 1 atom stereocenters. The molecule has 0 radical (unpaired) electrons. The Kier molecular flexibility index (Phi) is 3.59. The fraction of sp³-hybridized carbons (Fsp3) is 0.250. The Morgan fingerprint density at radius 2 is 1.77 bits per heavy atom. The number of halogens is 4. The monoisotopic (exact) mass is 254 g/mol. The molecule has 5 heteroatoms. The molecule has 0 N–H and O–H groups in total. The standard InChI is InChI=1S/C8H6BrF3O/c9-5-3-1-2-4-6(5)13-8(12)7(10)11/h1-4,7-8H. The first kappa shape index (κ1) is 10.4. The molecule has 0 aliphatic heterocycles. The summed E-state index contributed by atoms with van der Waals surface area (Å²) >= 11 is 3.04. The van der Waals surface area contributed by atoms with Crippen molar-refractivity contribution < 1.29 is 17.9 Å². The summed E-state index contributed by atoms with van der Waals surface area (Å²) in [6, 6.07) is 6.22. The van der Waals surface area contributed by atoms with E-state index in [0.717, 1.165) is 0 Å². The van der Waals surface area contributed by atoms with E-state index in [4.69, 9.17) is 0 Å². The third-order valence-electron chi connectivity index (χ3n) is 1.27. The lowest BCUT2D eigenvalue weighted by Gasteiger charge is -2.11. The zero-order chi connectivity index (χ0) is 9.84. The molecule has 72 valence electrons. The highest BCUT2D eigenvalue weighted by Crippen LogP contribution is 2.26. The zero-order valence-corrected chi connectivity index (χ0v) is 7.97. The normalized spacial score (nSPS) is 13.0. The van der Waals surface area contributed by atoms with E-state index in [1.807, 2.05) is 0 Å². The molecule has 1 nitrogen and oxygen atoms in total. The van der Waals surface area contributed by atoms with E-state index >= 15 is 0 Å². The van der Waals surface area contributed by atoms with Crippen molar-refractivity contribution in [3.05, 3.63) is 28.7 Å². The molecule has 0 aliphatic rings. The largest absolute Gasteiger partial charge is 0.453 e. The molecule has 0 amide bonds. The van der Waals surface area contributed by atoms with Crippen LogP contribution in [0.3, 0.4) is 0 Å². The average molecular weight is 255 g/mol. The number of rotatable bonds is 3. The highest BCUT2D eigenvalue weighted by molar-refractivity contribution is 9.10. The SMILES string of the molecule is FC(F)C(F)Oc1ccccc1Br. The van der Waals surface area contributed by atoms with E-state index in [2.05, 4.69) is 20.7 Å². The summed E-state index contributed by atoms with van der Waals surface area (Å²) < 4.78 is 40.6. The first-order chi connectivity index (χ1) is 6.11. The van der Waals surface area contributed by atoms with Crippen molar-refractivity contribution in [3.8, 4) is 5.75 Å². The van der Waals surface area contributed by atoms with E-state index in [9.17, 15) is 13.2 Å². The van der Waals surface area contributed by atoms with Crippen molar-refractivity contribution in [2.75, 3.05) is 0 Å². The van der Waals surface area contributed by atoms with Gasteiger partial charge in [0.1, 0.15) is 5.75 Å². The first-order valence-electron chi connectivity index (χ1n) is 3.44. The Balaban J connectivity index is 2.69. The predicted molar refractivity (Wildman–Crippen MR) is 45.7 cm³/mol. The van der Waals surface area contributed by atoms with Gasteiger partial charge in [-0.05, 0) is 28.1 Å². The molecule has 0 saturated heterocycles. The van der Waals surface area contributed by atoms with Crippen molar-refractivity contribution >= 4 is 15.9 Å². The van der Waals surface area contributed by atoms with Crippen LogP contribution in [0.25, 0.3) is 0 Å². The number of hydrogen-bond acceptors (Lipinski definition) is 1. The Labute approximate surface area is 81.6 Å². The quantitative estimate of drug-likeness (QED) is 0.804. The molecule has 1 rings (SSSR count). The number of hydrogen-bond donors (Lipinski definition) is 0. The van der Waals surface area contributed by atoms with E-state index in [1.165, 1.54) is 6.07 Å². The Hall–Kier alpha value is -0.710. The molecular formula is C8H6BrF3O. The van der Waals surface area contributed by atoms with Gasteiger partial charge in [-0.1, -0.05) is 12.1 Å². The molecule has 1 unspecified atom stereocenters. The topological polar surface area (TPSA) is 9.23 Å². The maximum absolute atomic E-state index is 12.4. The lowest BCUT2D eigenvalue weighted by molar-refractivity contribution is -0.0672. The van der Waals surface area contributed by atoms with Crippen LogP contribution in [-0.4, -0.2) is 12.8 Å². The van der Waals surface area contributed by atoms with Gasteiger partial charge in [0.2, 0.25) is 0 Å². The van der Waals surface area contributed by atoms with Gasteiger partial charge < -0.3 is 4.74 Å². The second kappa shape index (κ2) is 4.50. The van der Waals surface area contributed by atoms with Gasteiger partial charge in [-0.25, -0.2) is 8.78 Å². The van der Waals surface area contributed by atoms with Crippen LogP contribution in [-0.2, 0) is 0 Å². The van der Waals surface area contributed by atoms with Gasteiger partial charge in [0, 0.05) is 0 Å². The molecule has 0 bridgehead atoms. The van der Waals surface area contributed by atoms with Crippen LogP contribution >= 0.6 is 15.9 Å². The summed E-state index contributed by atoms with van der Waals surface area (Å²) in [5, 5.41) is 0. The van der Waals surface area contributed by atoms with Crippen LogP contribution in [0.2, 0.25) is 0 Å². The van der Waals surface area contributed by atoms with Crippen molar-refractivity contribution in [1.29, 1.82) is 0 Å². The molecule has 0 aromatic heterocycles. The van der Waals surface area contributed by atoms with Gasteiger partial charge in [-0.15, -0.1) is 0 Å². The van der Waals surface area contributed by atoms with Crippen molar-refractivity contribution in [3.63, 3.8) is 0 Å². The summed E-state index contributed by atoms with van der Waals surface area (Å²) in [7, 11) is 0. The number of benzene rings is 1. The Bertz CT molecular complexity index is 280. The summed E-state index contributed by atoms with van der Waals surface area (Å²) in [4.78, 5) is 0. The van der Waals surface area contributed by atoms with Gasteiger partial charge in [-0.3, -0.25) is 0 Å². The van der Waals surface area contributed by atoms with Crippen LogP contribution in [0.4, 0.5) is 13.2 Å². The zero-order valence-electron chi connectivity index (χ0n) is 6.38. The van der Waals surface area contributed by atoms with Gasteiger partial charge in [0.05, 0.1) is 4.47 Å². The highest BCUT2D eigenvalue weighted by atomic mass is 79.9. The minimum atomic E-state index is -3.13. The van der Waals surface area contributed by atoms with Crippen LogP contribution in [0.1, 0.15) is 0 Å². The second-order valence-corrected chi connectivity index (χ2v) is 3.09. The van der Waals surface area contributed by atoms with Crippen molar-refractivity contribution in [2.24, 2.45) is 0 Å². The van der Waals surface area contributed by atoms with Crippen LogP contribution < -0.4 is 4.74 Å². The van der Waals surface area contributed by atoms with Gasteiger partial charge >= 0.3 is 6.43 Å². The second-order valence-electron chi connectivity index (χ2n) is 2.23. The predicted octanol–water partition coefficient (Wildman–Crippen LogP) is 3.39. The molecule has 0 spiro atoms. The third-order valence-corrected chi connectivity index (χ3v) is 1.93. The fourth-order valence-corrected chi connectivity index (χ4v) is 1.09. The highest BCUT2D eigenvalue weighted by Gasteiger charge is 2.21. The Morgan fingerprint density at radius 1 is 1.15 bits per heavy atom. The summed E-state index contributed by atoms with van der Waals surface area (Å²) in [6.07, 6.45) is -5.72. The summed E-state index contributed by atoms with van der Waals surface area (Å²) in [5.74, 6) is 0.0651. The molecule has 13 heavy (non-hydrogen) atoms. The molecule has 0 fully saturated rings. The summed E-state index contributed by atoms with van der Waals surface area (Å²) in [6.45, 7) is 0.